The van der Waals surface area contributed by atoms with Gasteiger partial charge in [-0.25, -0.2) is 19.6 Å². The fourth-order valence-corrected chi connectivity index (χ4v) is 8.41. The molecule has 61 heavy (non-hydrogen) atoms. The minimum atomic E-state index is -1.60. The fraction of sp³-hybridized carbons (Fsp3) is 0.261. The third-order valence-electron chi connectivity index (χ3n) is 11.4. The lowest BCUT2D eigenvalue weighted by Gasteiger charge is -2.35. The molecule has 2 aromatic heterocycles. The highest BCUT2D eigenvalue weighted by Crippen LogP contribution is 2.39. The SMILES string of the molecule is Cc1ccccc1[C@@](C)(OC(N)=O)C(=O)N1CCCC1c1ncc(-c2ccc(Oc3ccc(-c4cnc(C5CCCN5C(=O)[C@H](OC(N)=O)c5ccccc5)[nH]4)cc3)cc2)[nH]1. The van der Waals surface area contributed by atoms with Crippen LogP contribution in [0.2, 0.25) is 0 Å². The van der Waals surface area contributed by atoms with Gasteiger partial charge in [-0.15, -0.1) is 0 Å². The Morgan fingerprint density at radius 1 is 0.705 bits per heavy atom. The lowest BCUT2D eigenvalue weighted by atomic mass is 9.90. The second kappa shape index (κ2) is 17.0. The number of nitrogens with zero attached hydrogens (tertiary/aromatic N) is 4. The first-order chi connectivity index (χ1) is 29.5. The number of nitrogens with two attached hydrogens (primary N) is 2. The number of amides is 4. The van der Waals surface area contributed by atoms with Gasteiger partial charge in [0.1, 0.15) is 23.1 Å². The third kappa shape index (κ3) is 8.40. The van der Waals surface area contributed by atoms with Crippen LogP contribution < -0.4 is 16.2 Å². The molecule has 2 aliphatic rings. The van der Waals surface area contributed by atoms with Gasteiger partial charge < -0.3 is 45.4 Å². The highest BCUT2D eigenvalue weighted by atomic mass is 16.6. The topological polar surface area (TPSA) is 212 Å². The number of hydrogen-bond acceptors (Lipinski definition) is 9. The summed E-state index contributed by atoms with van der Waals surface area (Å²) < 4.78 is 17.0. The second-order valence-electron chi connectivity index (χ2n) is 15.4. The number of primary amides is 2. The van der Waals surface area contributed by atoms with Crippen molar-refractivity contribution < 1.29 is 33.4 Å². The van der Waals surface area contributed by atoms with E-state index in [1.807, 2.05) is 73.7 Å². The summed E-state index contributed by atoms with van der Waals surface area (Å²) in [5, 5.41) is 0. The molecule has 0 radical (unpaired) electrons. The molecule has 2 aliphatic heterocycles. The largest absolute Gasteiger partial charge is 0.457 e. The number of aryl methyl sites for hydroxylation is 1. The Kier molecular flexibility index (Phi) is 11.3. The van der Waals surface area contributed by atoms with Crippen LogP contribution in [0, 0.1) is 6.92 Å². The number of aromatic amines is 2. The number of likely N-dealkylation sites (tertiary alicyclic amines) is 2. The molecular weight excluding hydrogens is 777 g/mol. The molecule has 0 spiro atoms. The Labute approximate surface area is 352 Å². The molecule has 6 N–H and O–H groups in total. The smallest absolute Gasteiger partial charge is 0.405 e. The molecule has 6 aromatic rings. The predicted molar refractivity (Wildman–Crippen MR) is 225 cm³/mol. The van der Waals surface area contributed by atoms with Gasteiger partial charge in [0.15, 0.2) is 0 Å². The first-order valence-electron chi connectivity index (χ1n) is 20.1. The standard InChI is InChI=1S/C46H46N8O7/c1-28-10-6-7-13-34(28)46(2,61-45(48)58)43(56)54-25-9-15-38(54)41-50-27-36(52-41)30-18-22-33(23-19-30)59-32-20-16-29(17-21-32)35-26-49-40(51-35)37-14-8-24-53(37)42(55)39(60-44(47)57)31-11-4-3-5-12-31/h3-7,10-13,16-23,26-27,37-39H,8-9,14-15,24-25H2,1-2H3,(H2,47,57)(H2,48,58)(H,49,51)(H,50,52)/t37?,38?,39-,46-/m1/s1. The van der Waals surface area contributed by atoms with E-state index in [0.717, 1.165) is 40.9 Å². The van der Waals surface area contributed by atoms with Crippen molar-refractivity contribution in [1.82, 2.24) is 29.7 Å². The summed E-state index contributed by atoms with van der Waals surface area (Å²) in [6.45, 7) is 4.43. The number of ether oxygens (including phenoxy) is 3. The summed E-state index contributed by atoms with van der Waals surface area (Å²) in [5.41, 5.74) is 14.5. The molecular formula is C46H46N8O7. The van der Waals surface area contributed by atoms with Crippen molar-refractivity contribution in [2.45, 2.75) is 63.3 Å². The Morgan fingerprint density at radius 3 is 1.77 bits per heavy atom. The quantitative estimate of drug-likeness (QED) is 0.0949. The summed E-state index contributed by atoms with van der Waals surface area (Å²) in [7, 11) is 0. The molecule has 4 atom stereocenters. The number of aromatic nitrogens is 4. The summed E-state index contributed by atoms with van der Waals surface area (Å²) in [4.78, 5) is 71.1. The van der Waals surface area contributed by atoms with Crippen LogP contribution in [0.1, 0.15) is 79.1 Å². The number of nitrogens with one attached hydrogen (secondary N) is 2. The maximum Gasteiger partial charge on any atom is 0.405 e. The molecule has 8 rings (SSSR count). The van der Waals surface area contributed by atoms with E-state index in [2.05, 4.69) is 19.9 Å². The van der Waals surface area contributed by atoms with Gasteiger partial charge >= 0.3 is 12.2 Å². The number of carbonyl (C=O) groups is 4. The van der Waals surface area contributed by atoms with Crippen LogP contribution in [0.25, 0.3) is 22.5 Å². The zero-order valence-electron chi connectivity index (χ0n) is 33.7. The van der Waals surface area contributed by atoms with Crippen LogP contribution >= 0.6 is 0 Å². The van der Waals surface area contributed by atoms with Gasteiger partial charge in [-0.2, -0.15) is 0 Å². The minimum Gasteiger partial charge on any atom is -0.457 e. The number of H-pyrrole nitrogens is 2. The lowest BCUT2D eigenvalue weighted by Crippen LogP contribution is -2.48. The van der Waals surface area contributed by atoms with Crippen molar-refractivity contribution in [2.24, 2.45) is 11.5 Å². The zero-order valence-corrected chi connectivity index (χ0v) is 33.7. The monoisotopic (exact) mass is 822 g/mol. The fourth-order valence-electron chi connectivity index (χ4n) is 8.41. The normalized spacial score (nSPS) is 17.7. The Morgan fingerprint density at radius 2 is 1.23 bits per heavy atom. The van der Waals surface area contributed by atoms with Gasteiger partial charge in [0.05, 0.1) is 35.9 Å². The van der Waals surface area contributed by atoms with E-state index in [1.54, 1.807) is 65.5 Å². The highest BCUT2D eigenvalue weighted by Gasteiger charge is 2.47. The van der Waals surface area contributed by atoms with Crippen molar-refractivity contribution in [2.75, 3.05) is 13.1 Å². The van der Waals surface area contributed by atoms with Gasteiger partial charge in [-0.3, -0.25) is 9.59 Å². The first kappa shape index (κ1) is 40.4. The molecule has 2 saturated heterocycles. The van der Waals surface area contributed by atoms with Gasteiger partial charge in [0, 0.05) is 24.2 Å². The van der Waals surface area contributed by atoms with Gasteiger partial charge in [-0.05, 0) is 105 Å². The van der Waals surface area contributed by atoms with E-state index >= 15 is 0 Å². The Bertz CT molecular complexity index is 2540. The molecule has 0 bridgehead atoms. The molecule has 4 aromatic carbocycles. The van der Waals surface area contributed by atoms with Crippen molar-refractivity contribution in [3.8, 4) is 34.0 Å². The van der Waals surface area contributed by atoms with Crippen LogP contribution in [-0.4, -0.2) is 66.8 Å². The van der Waals surface area contributed by atoms with Gasteiger partial charge in [0.25, 0.3) is 11.8 Å². The molecule has 0 saturated carbocycles. The van der Waals surface area contributed by atoms with Crippen molar-refractivity contribution in [3.05, 3.63) is 144 Å². The zero-order chi connectivity index (χ0) is 42.7. The van der Waals surface area contributed by atoms with Crippen LogP contribution in [-0.2, 0) is 24.7 Å². The van der Waals surface area contributed by atoms with E-state index < -0.39 is 23.9 Å². The molecule has 2 unspecified atom stereocenters. The van der Waals surface area contributed by atoms with Crippen molar-refractivity contribution >= 4 is 24.0 Å². The molecule has 312 valence electrons. The summed E-state index contributed by atoms with van der Waals surface area (Å²) in [6.07, 6.45) is 3.21. The van der Waals surface area contributed by atoms with Crippen LogP contribution in [0.15, 0.2) is 116 Å². The van der Waals surface area contributed by atoms with E-state index in [1.165, 1.54) is 0 Å². The summed E-state index contributed by atoms with van der Waals surface area (Å²) in [5.74, 6) is 1.84. The Hall–Kier alpha value is -7.42. The molecule has 15 nitrogen and oxygen atoms in total. The molecule has 2 fully saturated rings. The molecule has 15 heteroatoms. The van der Waals surface area contributed by atoms with Crippen LogP contribution in [0.3, 0.4) is 0 Å². The highest BCUT2D eigenvalue weighted by molar-refractivity contribution is 5.89. The van der Waals surface area contributed by atoms with Gasteiger partial charge in [0.2, 0.25) is 11.7 Å². The number of carbonyl (C=O) groups excluding carboxylic acids is 4. The van der Waals surface area contributed by atoms with E-state index in [0.29, 0.717) is 60.2 Å². The summed E-state index contributed by atoms with van der Waals surface area (Å²) >= 11 is 0. The van der Waals surface area contributed by atoms with Crippen molar-refractivity contribution in [3.63, 3.8) is 0 Å². The number of imidazole rings is 2. The maximum atomic E-state index is 14.2. The van der Waals surface area contributed by atoms with Crippen LogP contribution in [0.5, 0.6) is 11.5 Å². The first-order valence-corrected chi connectivity index (χ1v) is 20.1. The molecule has 4 heterocycles. The molecule has 0 aliphatic carbocycles. The predicted octanol–water partition coefficient (Wildman–Crippen LogP) is 7.74. The maximum absolute atomic E-state index is 14.2. The molecule has 4 amide bonds. The van der Waals surface area contributed by atoms with Crippen molar-refractivity contribution in [1.29, 1.82) is 0 Å². The number of rotatable bonds is 12. The Balaban J connectivity index is 0.909. The van der Waals surface area contributed by atoms with E-state index in [-0.39, 0.29) is 23.9 Å². The average molecular weight is 823 g/mol. The second-order valence-corrected chi connectivity index (χ2v) is 15.4. The number of benzene rings is 4. The third-order valence-corrected chi connectivity index (χ3v) is 11.4. The summed E-state index contributed by atoms with van der Waals surface area (Å²) in [6, 6.07) is 30.7. The van der Waals surface area contributed by atoms with E-state index in [9.17, 15) is 19.2 Å². The average Bonchev–Trinajstić information content (AvgIpc) is 4.10. The number of hydrogen-bond donors (Lipinski definition) is 4. The van der Waals surface area contributed by atoms with Crippen LogP contribution in [0.4, 0.5) is 9.59 Å². The van der Waals surface area contributed by atoms with E-state index in [4.69, 9.17) is 25.7 Å². The lowest BCUT2D eigenvalue weighted by molar-refractivity contribution is -0.152. The minimum absolute atomic E-state index is 0.320. The van der Waals surface area contributed by atoms with Gasteiger partial charge in [-0.1, -0.05) is 54.6 Å².